The average Bonchev–Trinajstić information content (AvgIpc) is 2.85. The van der Waals surface area contributed by atoms with Crippen LogP contribution in [-0.4, -0.2) is 27.3 Å². The molecule has 3 aromatic carbocycles. The number of nitrogens with two attached hydrogens (primary N) is 1. The summed E-state index contributed by atoms with van der Waals surface area (Å²) in [5, 5.41) is 0. The molecule has 3 aromatic rings. The molecule has 2 amide bonds. The second-order valence-corrected chi connectivity index (χ2v) is 10.8. The van der Waals surface area contributed by atoms with Crippen molar-refractivity contribution < 1.29 is 17.9 Å². The lowest BCUT2D eigenvalue weighted by atomic mass is 9.94. The number of nitrogens with zero attached hydrogens (tertiary/aromatic N) is 1. The summed E-state index contributed by atoms with van der Waals surface area (Å²) in [4.78, 5) is 14.2. The molecule has 0 saturated carbocycles. The Labute approximate surface area is 213 Å². The number of anilines is 1. The van der Waals surface area contributed by atoms with Crippen LogP contribution >= 0.6 is 0 Å². The van der Waals surface area contributed by atoms with E-state index < -0.39 is 15.9 Å². The number of sulfone groups is 1. The minimum Gasteiger partial charge on any atom is -0.481 e. The Balaban J connectivity index is 2.08. The van der Waals surface area contributed by atoms with Crippen molar-refractivity contribution in [3.63, 3.8) is 0 Å². The van der Waals surface area contributed by atoms with Gasteiger partial charge in [-0.3, -0.25) is 4.90 Å². The maximum absolute atomic E-state index is 12.6. The number of urea groups is 1. The smallest absolute Gasteiger partial charge is 0.319 e. The molecular formula is C29H30N2O4S. The topological polar surface area (TPSA) is 89.7 Å². The zero-order chi connectivity index (χ0) is 26.5. The normalized spacial score (nSPS) is 11.1. The molecule has 6 nitrogen and oxygen atoms in total. The number of ether oxygens (including phenoxy) is 1. The van der Waals surface area contributed by atoms with Gasteiger partial charge in [-0.15, -0.1) is 6.42 Å². The maximum atomic E-state index is 12.6. The fourth-order valence-corrected chi connectivity index (χ4v) is 4.46. The Bertz CT molecular complexity index is 1420. The highest BCUT2D eigenvalue weighted by molar-refractivity contribution is 7.90. The lowest BCUT2D eigenvalue weighted by Crippen LogP contribution is -2.35. The van der Waals surface area contributed by atoms with Crippen molar-refractivity contribution in [1.82, 2.24) is 0 Å². The first-order chi connectivity index (χ1) is 17.0. The molecule has 0 heterocycles. The van der Waals surface area contributed by atoms with Gasteiger partial charge in [-0.25, -0.2) is 13.2 Å². The molecule has 0 atom stereocenters. The number of benzene rings is 3. The molecule has 0 radical (unpaired) electrons. The molecule has 2 N–H and O–H groups in total. The van der Waals surface area contributed by atoms with Crippen LogP contribution in [-0.2, 0) is 16.4 Å². The van der Waals surface area contributed by atoms with Crippen molar-refractivity contribution in [2.45, 2.75) is 31.2 Å². The first-order valence-corrected chi connectivity index (χ1v) is 13.3. The molecule has 0 aliphatic carbocycles. The first-order valence-electron chi connectivity index (χ1n) is 11.4. The van der Waals surface area contributed by atoms with Crippen molar-refractivity contribution in [3.8, 4) is 18.1 Å². The third-order valence-electron chi connectivity index (χ3n) is 5.77. The van der Waals surface area contributed by atoms with E-state index in [0.717, 1.165) is 11.8 Å². The highest BCUT2D eigenvalue weighted by atomic mass is 32.2. The van der Waals surface area contributed by atoms with Gasteiger partial charge in [0.05, 0.1) is 17.1 Å². The van der Waals surface area contributed by atoms with E-state index in [0.29, 0.717) is 34.1 Å². The summed E-state index contributed by atoms with van der Waals surface area (Å²) >= 11 is 0. The Morgan fingerprint density at radius 3 is 2.39 bits per heavy atom. The van der Waals surface area contributed by atoms with Gasteiger partial charge < -0.3 is 10.5 Å². The SMILES string of the molecule is C#CCOc1ccc(N(Cc2cccc(S(C)(=O)=O)c2)C(N)=O)c(C(=C)c2ccc(C(C)C)cc2)c1. The summed E-state index contributed by atoms with van der Waals surface area (Å²) in [6.45, 7) is 8.69. The van der Waals surface area contributed by atoms with Gasteiger partial charge in [0.1, 0.15) is 12.4 Å². The second kappa shape index (κ2) is 11.1. The average molecular weight is 503 g/mol. The summed E-state index contributed by atoms with van der Waals surface area (Å²) in [7, 11) is -3.41. The number of hydrogen-bond donors (Lipinski definition) is 1. The van der Waals surface area contributed by atoms with E-state index in [-0.39, 0.29) is 18.0 Å². The lowest BCUT2D eigenvalue weighted by molar-refractivity contribution is 0.253. The number of carbonyl (C=O) groups is 1. The largest absolute Gasteiger partial charge is 0.481 e. The van der Waals surface area contributed by atoms with E-state index in [9.17, 15) is 13.2 Å². The molecule has 3 rings (SSSR count). The molecule has 0 aliphatic rings. The molecule has 0 spiro atoms. The molecular weight excluding hydrogens is 472 g/mol. The van der Waals surface area contributed by atoms with Crippen molar-refractivity contribution in [2.75, 3.05) is 17.8 Å². The number of primary amides is 1. The van der Waals surface area contributed by atoms with Gasteiger partial charge in [-0.05, 0) is 58.5 Å². The zero-order valence-corrected chi connectivity index (χ0v) is 21.5. The van der Waals surface area contributed by atoms with E-state index in [1.54, 1.807) is 30.3 Å². The summed E-state index contributed by atoms with van der Waals surface area (Å²) in [6, 6.07) is 19.0. The van der Waals surface area contributed by atoms with E-state index in [2.05, 4.69) is 26.3 Å². The molecule has 7 heteroatoms. The number of rotatable bonds is 9. The van der Waals surface area contributed by atoms with Gasteiger partial charge in [-0.2, -0.15) is 0 Å². The van der Waals surface area contributed by atoms with Gasteiger partial charge in [0.2, 0.25) is 0 Å². The van der Waals surface area contributed by atoms with Gasteiger partial charge in [0, 0.05) is 11.8 Å². The predicted octanol–water partition coefficient (Wildman–Crippen LogP) is 5.37. The number of amides is 2. The fourth-order valence-electron chi connectivity index (χ4n) is 3.77. The van der Waals surface area contributed by atoms with Crippen LogP contribution < -0.4 is 15.4 Å². The summed E-state index contributed by atoms with van der Waals surface area (Å²) in [5.41, 5.74) is 10.3. The first kappa shape index (κ1) is 26.6. The molecule has 186 valence electrons. The maximum Gasteiger partial charge on any atom is 0.319 e. The third kappa shape index (κ3) is 6.35. The predicted molar refractivity (Wildman–Crippen MR) is 145 cm³/mol. The monoisotopic (exact) mass is 502 g/mol. The second-order valence-electron chi connectivity index (χ2n) is 8.77. The third-order valence-corrected chi connectivity index (χ3v) is 6.88. The highest BCUT2D eigenvalue weighted by Crippen LogP contribution is 2.35. The fraction of sp³-hybridized carbons (Fsp3) is 0.207. The van der Waals surface area contributed by atoms with Crippen molar-refractivity contribution in [2.24, 2.45) is 5.73 Å². The van der Waals surface area contributed by atoms with Crippen LogP contribution in [0.2, 0.25) is 0 Å². The van der Waals surface area contributed by atoms with Crippen molar-refractivity contribution in [3.05, 3.63) is 95.6 Å². The van der Waals surface area contributed by atoms with Crippen LogP contribution in [0.25, 0.3) is 5.57 Å². The Morgan fingerprint density at radius 2 is 1.81 bits per heavy atom. The standard InChI is InChI=1S/C29H30N2O4S/c1-6-16-35-25-14-15-28(27(18-25)21(4)24-12-10-23(11-13-24)20(2)3)31(29(30)32)19-22-8-7-9-26(17-22)36(5,33)34/h1,7-15,17-18,20H,4,16,19H2,2-3,5H3,(H2,30,32). The molecule has 0 fully saturated rings. The molecule has 36 heavy (non-hydrogen) atoms. The van der Waals surface area contributed by atoms with E-state index >= 15 is 0 Å². The zero-order valence-electron chi connectivity index (χ0n) is 20.7. The van der Waals surface area contributed by atoms with Crippen LogP contribution in [0.1, 0.15) is 42.0 Å². The minimum atomic E-state index is -3.41. The van der Waals surface area contributed by atoms with Crippen molar-refractivity contribution in [1.29, 1.82) is 0 Å². The molecule has 0 bridgehead atoms. The number of terminal acetylenes is 1. The molecule has 0 aromatic heterocycles. The van der Waals surface area contributed by atoms with Crippen LogP contribution in [0.5, 0.6) is 5.75 Å². The van der Waals surface area contributed by atoms with Gasteiger partial charge >= 0.3 is 6.03 Å². The van der Waals surface area contributed by atoms with Crippen LogP contribution in [0.15, 0.2) is 78.2 Å². The highest BCUT2D eigenvalue weighted by Gasteiger charge is 2.21. The van der Waals surface area contributed by atoms with Gasteiger partial charge in [-0.1, -0.05) is 62.7 Å². The van der Waals surface area contributed by atoms with Crippen LogP contribution in [0, 0.1) is 12.3 Å². The number of hydrogen-bond acceptors (Lipinski definition) is 4. The van der Waals surface area contributed by atoms with Crippen molar-refractivity contribution >= 4 is 27.1 Å². The summed E-state index contributed by atoms with van der Waals surface area (Å²) in [6.07, 6.45) is 6.48. The number of carbonyl (C=O) groups excluding carboxylic acids is 1. The quantitative estimate of drug-likeness (QED) is 0.398. The van der Waals surface area contributed by atoms with E-state index in [1.165, 1.54) is 22.6 Å². The molecule has 0 saturated heterocycles. The minimum absolute atomic E-state index is 0.0653. The Hall–Kier alpha value is -4.02. The molecule has 0 unspecified atom stereocenters. The van der Waals surface area contributed by atoms with Crippen LogP contribution in [0.4, 0.5) is 10.5 Å². The Kier molecular flexibility index (Phi) is 8.23. The summed E-state index contributed by atoms with van der Waals surface area (Å²) < 4.78 is 29.7. The van der Waals surface area contributed by atoms with Crippen LogP contribution in [0.3, 0.4) is 0 Å². The van der Waals surface area contributed by atoms with Gasteiger partial charge in [0.15, 0.2) is 9.84 Å². The summed E-state index contributed by atoms with van der Waals surface area (Å²) in [5.74, 6) is 3.35. The van der Waals surface area contributed by atoms with E-state index in [1.807, 2.05) is 24.3 Å². The van der Waals surface area contributed by atoms with E-state index in [4.69, 9.17) is 16.9 Å². The molecule has 0 aliphatic heterocycles. The lowest BCUT2D eigenvalue weighted by Gasteiger charge is -2.25. The Morgan fingerprint density at radius 1 is 1.11 bits per heavy atom. The van der Waals surface area contributed by atoms with Gasteiger partial charge in [0.25, 0.3) is 0 Å².